The van der Waals surface area contributed by atoms with Crippen LogP contribution >= 0.6 is 23.9 Å². The van der Waals surface area contributed by atoms with E-state index in [4.69, 9.17) is 0 Å². The molecule has 0 aromatic rings. The maximum Gasteiger partial charge on any atom is 0.0668 e. The number of alkyl halides is 1. The van der Waals surface area contributed by atoms with Crippen LogP contribution in [0.2, 0.25) is 0 Å². The highest BCUT2D eigenvalue weighted by atomic mass is 79.9. The fourth-order valence-corrected chi connectivity index (χ4v) is 3.89. The second-order valence-corrected chi connectivity index (χ2v) is 6.10. The molecule has 9 heavy (non-hydrogen) atoms. The van der Waals surface area contributed by atoms with E-state index >= 15 is 0 Å². The summed E-state index contributed by atoms with van der Waals surface area (Å²) < 4.78 is 0. The maximum absolute atomic E-state index is 3.46. The number of rotatable bonds is 4. The Morgan fingerprint density at radius 1 is 1.22 bits per heavy atom. The third-order valence-corrected chi connectivity index (χ3v) is 5.53. The third kappa shape index (κ3) is 7.29. The highest BCUT2D eigenvalue weighted by molar-refractivity contribution is 9.09. The number of hydrogen-bond donors (Lipinski definition) is 0. The molecule has 0 heterocycles. The molecule has 3 heteroatoms. The van der Waals surface area contributed by atoms with E-state index in [1.807, 2.05) is 0 Å². The van der Waals surface area contributed by atoms with Crippen LogP contribution in [0.25, 0.3) is 0 Å². The molecule has 0 bridgehead atoms. The summed E-state index contributed by atoms with van der Waals surface area (Å²) in [4.78, 5) is 0. The number of hydrogen-bond acceptors (Lipinski definition) is 0. The predicted octanol–water partition coefficient (Wildman–Crippen LogP) is -0.361. The van der Waals surface area contributed by atoms with Gasteiger partial charge in [0.1, 0.15) is 0 Å². The average Bonchev–Trinajstić information content (AvgIpc) is 1.83. The first-order valence-corrected chi connectivity index (χ1v) is 6.48. The molecule has 0 N–H and O–H groups in total. The molecular weight excluding hydrogens is 263 g/mol. The van der Waals surface area contributed by atoms with Gasteiger partial charge in [-0.3, -0.25) is 0 Å². The van der Waals surface area contributed by atoms with Crippen molar-refractivity contribution in [2.24, 2.45) is 0 Å². The Morgan fingerprint density at radius 3 is 1.78 bits per heavy atom. The van der Waals surface area contributed by atoms with Crippen molar-refractivity contribution in [1.29, 1.82) is 0 Å². The van der Waals surface area contributed by atoms with Gasteiger partial charge in [-0.05, 0) is 13.8 Å². The van der Waals surface area contributed by atoms with Gasteiger partial charge in [-0.15, -0.1) is 0 Å². The second kappa shape index (κ2) is 9.39. The monoisotopic (exact) mass is 276 g/mol. The van der Waals surface area contributed by atoms with Gasteiger partial charge in [0.15, 0.2) is 0 Å². The van der Waals surface area contributed by atoms with Crippen LogP contribution in [-0.4, -0.2) is 23.8 Å². The summed E-state index contributed by atoms with van der Waals surface area (Å²) in [5.74, 6) is 0. The molecule has 0 aliphatic carbocycles. The van der Waals surface area contributed by atoms with Crippen molar-refractivity contribution < 1.29 is 17.0 Å². The van der Waals surface area contributed by atoms with E-state index < -0.39 is 0 Å². The Kier molecular flexibility index (Phi) is 13.6. The van der Waals surface area contributed by atoms with Crippen molar-refractivity contribution in [1.82, 2.24) is 0 Å². The molecular formula is C6H15Br2P. The third-order valence-electron chi connectivity index (χ3n) is 1.45. The molecule has 0 saturated carbocycles. The molecule has 0 aliphatic heterocycles. The van der Waals surface area contributed by atoms with Crippen LogP contribution in [0.4, 0.5) is 0 Å². The molecule has 0 spiro atoms. The molecule has 0 fully saturated rings. The van der Waals surface area contributed by atoms with Gasteiger partial charge in [0.05, 0.1) is 18.5 Å². The van der Waals surface area contributed by atoms with Crippen LogP contribution in [0.5, 0.6) is 0 Å². The predicted molar refractivity (Wildman–Crippen MR) is 48.1 cm³/mol. The zero-order valence-corrected chi connectivity index (χ0v) is 10.3. The lowest BCUT2D eigenvalue weighted by Gasteiger charge is -2.00. The van der Waals surface area contributed by atoms with E-state index in [1.54, 1.807) is 0 Å². The molecule has 0 atom stereocenters. The first kappa shape index (κ1) is 13.0. The lowest BCUT2D eigenvalue weighted by atomic mass is 10.9. The summed E-state index contributed by atoms with van der Waals surface area (Å²) in [6, 6.07) is 0. The van der Waals surface area contributed by atoms with E-state index in [-0.39, 0.29) is 24.9 Å². The lowest BCUT2D eigenvalue weighted by molar-refractivity contribution is -0.00000171. The Morgan fingerprint density at radius 2 is 1.67 bits per heavy atom. The second-order valence-electron chi connectivity index (χ2n) is 1.90. The topological polar surface area (TPSA) is 0 Å². The Hall–Kier alpha value is 1.39. The van der Waals surface area contributed by atoms with Gasteiger partial charge in [-0.1, -0.05) is 15.9 Å². The van der Waals surface area contributed by atoms with E-state index in [0.29, 0.717) is 0 Å². The van der Waals surface area contributed by atoms with Crippen LogP contribution in [0.1, 0.15) is 13.8 Å². The molecule has 0 unspecified atom stereocenters. The van der Waals surface area contributed by atoms with Crippen molar-refractivity contribution in [2.75, 3.05) is 23.8 Å². The van der Waals surface area contributed by atoms with Crippen LogP contribution in [0.15, 0.2) is 0 Å². The fraction of sp³-hybridized carbons (Fsp3) is 1.00. The molecule has 0 aromatic carbocycles. The van der Waals surface area contributed by atoms with Crippen molar-refractivity contribution in [2.45, 2.75) is 13.8 Å². The van der Waals surface area contributed by atoms with Crippen molar-refractivity contribution >= 4 is 23.9 Å². The van der Waals surface area contributed by atoms with Crippen LogP contribution in [-0.2, 0) is 0 Å². The highest BCUT2D eigenvalue weighted by Crippen LogP contribution is 2.33. The van der Waals surface area contributed by atoms with Crippen molar-refractivity contribution in [3.63, 3.8) is 0 Å². The first-order valence-electron chi connectivity index (χ1n) is 3.24. The molecule has 0 nitrogen and oxygen atoms in total. The van der Waals surface area contributed by atoms with Gasteiger partial charge in [0.25, 0.3) is 0 Å². The Balaban J connectivity index is 0. The minimum Gasteiger partial charge on any atom is -1.00 e. The first-order chi connectivity index (χ1) is 3.85. The number of halogens is 2. The zero-order chi connectivity index (χ0) is 6.41. The molecule has 0 rings (SSSR count). The van der Waals surface area contributed by atoms with Gasteiger partial charge in [-0.2, -0.15) is 0 Å². The van der Waals surface area contributed by atoms with E-state index in [0.717, 1.165) is 0 Å². The Labute approximate surface area is 78.4 Å². The average molecular weight is 278 g/mol. The maximum atomic E-state index is 3.46. The van der Waals surface area contributed by atoms with Gasteiger partial charge >= 0.3 is 0 Å². The smallest absolute Gasteiger partial charge is 0.0668 e. The molecule has 0 aliphatic rings. The molecule has 0 aromatic heterocycles. The highest BCUT2D eigenvalue weighted by Gasteiger charge is 2.06. The quantitative estimate of drug-likeness (QED) is 0.486. The summed E-state index contributed by atoms with van der Waals surface area (Å²) >= 11 is 3.46. The van der Waals surface area contributed by atoms with E-state index in [2.05, 4.69) is 29.8 Å². The Bertz CT molecular complexity index is 46.3. The minimum atomic E-state index is 0. The summed E-state index contributed by atoms with van der Waals surface area (Å²) in [6.45, 7) is 4.61. The summed E-state index contributed by atoms with van der Waals surface area (Å²) in [7, 11) is 0.0789. The molecule has 0 saturated heterocycles. The van der Waals surface area contributed by atoms with Gasteiger partial charge in [-0.25, -0.2) is 0 Å². The van der Waals surface area contributed by atoms with Crippen molar-refractivity contribution in [3.05, 3.63) is 0 Å². The normalized spacial score (nSPS) is 9.33. The van der Waals surface area contributed by atoms with E-state index in [9.17, 15) is 0 Å². The zero-order valence-electron chi connectivity index (χ0n) is 6.08. The van der Waals surface area contributed by atoms with E-state index in [1.165, 1.54) is 23.8 Å². The van der Waals surface area contributed by atoms with Gasteiger partial charge in [0, 0.05) is 13.3 Å². The SMILES string of the molecule is CC[PH+](CC)CCBr.[Br-]. The minimum absolute atomic E-state index is 0. The molecule has 0 radical (unpaired) electrons. The standard InChI is InChI=1S/C6H14BrP.BrH/c1-3-8(4-2)6-5-7;/h3-6H2,1-2H3;1H. The summed E-state index contributed by atoms with van der Waals surface area (Å²) in [5.41, 5.74) is 0. The molecule has 58 valence electrons. The summed E-state index contributed by atoms with van der Waals surface area (Å²) in [5, 5.41) is 1.21. The van der Waals surface area contributed by atoms with Crippen LogP contribution in [0.3, 0.4) is 0 Å². The molecule has 0 amide bonds. The van der Waals surface area contributed by atoms with Gasteiger partial charge in [0.2, 0.25) is 0 Å². The largest absolute Gasteiger partial charge is 1.00 e. The van der Waals surface area contributed by atoms with Crippen LogP contribution in [0, 0.1) is 0 Å². The lowest BCUT2D eigenvalue weighted by Crippen LogP contribution is -3.00. The fourth-order valence-electron chi connectivity index (χ4n) is 0.737. The van der Waals surface area contributed by atoms with Crippen molar-refractivity contribution in [3.8, 4) is 0 Å². The van der Waals surface area contributed by atoms with Crippen LogP contribution < -0.4 is 17.0 Å². The summed E-state index contributed by atoms with van der Waals surface area (Å²) in [6.07, 6.45) is 4.32. The van der Waals surface area contributed by atoms with Gasteiger partial charge < -0.3 is 17.0 Å².